The van der Waals surface area contributed by atoms with Crippen LogP contribution in [0.15, 0.2) is 54.6 Å². The summed E-state index contributed by atoms with van der Waals surface area (Å²) < 4.78 is 0. The maximum absolute atomic E-state index is 12.0. The molecule has 0 aliphatic carbocycles. The molecule has 1 amide bonds. The fourth-order valence-electron chi connectivity index (χ4n) is 2.02. The van der Waals surface area contributed by atoms with Gasteiger partial charge in [0.05, 0.1) is 0 Å². The van der Waals surface area contributed by atoms with Gasteiger partial charge in [-0.05, 0) is 18.6 Å². The zero-order valence-corrected chi connectivity index (χ0v) is 12.8. The van der Waals surface area contributed by atoms with E-state index in [1.165, 1.54) is 0 Å². The first kappa shape index (κ1) is 15.5. The normalized spacial score (nSPS) is 11.9. The van der Waals surface area contributed by atoms with Crippen LogP contribution in [0.2, 0.25) is 5.02 Å². The van der Waals surface area contributed by atoms with Gasteiger partial charge in [-0.2, -0.15) is 0 Å². The van der Waals surface area contributed by atoms with Crippen molar-refractivity contribution in [3.05, 3.63) is 70.7 Å². The van der Waals surface area contributed by atoms with Crippen LogP contribution in [0.4, 0.5) is 0 Å². The van der Waals surface area contributed by atoms with E-state index in [0.29, 0.717) is 13.1 Å². The van der Waals surface area contributed by atoms with Crippen molar-refractivity contribution < 1.29 is 10.1 Å². The average Bonchev–Trinajstić information content (AvgIpc) is 2.52. The Morgan fingerprint density at radius 3 is 2.52 bits per heavy atom. The molecule has 0 aliphatic heterocycles. The average molecular weight is 304 g/mol. The summed E-state index contributed by atoms with van der Waals surface area (Å²) in [5.41, 5.74) is 2.14. The van der Waals surface area contributed by atoms with Gasteiger partial charge in [0.15, 0.2) is 6.04 Å². The summed E-state index contributed by atoms with van der Waals surface area (Å²) in [6.45, 7) is 3.15. The monoisotopic (exact) mass is 303 g/mol. The summed E-state index contributed by atoms with van der Waals surface area (Å²) >= 11 is 6.11. The van der Waals surface area contributed by atoms with Crippen LogP contribution < -0.4 is 10.6 Å². The molecule has 0 aromatic heterocycles. The molecule has 0 saturated carbocycles. The Labute approximate surface area is 130 Å². The van der Waals surface area contributed by atoms with Gasteiger partial charge in [-0.25, -0.2) is 0 Å². The van der Waals surface area contributed by atoms with Crippen LogP contribution in [-0.2, 0) is 17.9 Å². The second kappa shape index (κ2) is 7.81. The van der Waals surface area contributed by atoms with Crippen LogP contribution in [0, 0.1) is 0 Å². The van der Waals surface area contributed by atoms with Crippen LogP contribution in [0.5, 0.6) is 0 Å². The zero-order chi connectivity index (χ0) is 15.1. The number of benzene rings is 2. The maximum atomic E-state index is 12.0. The number of quaternary nitrogens is 1. The Kier molecular flexibility index (Phi) is 5.78. The van der Waals surface area contributed by atoms with Gasteiger partial charge in [0.2, 0.25) is 0 Å². The van der Waals surface area contributed by atoms with Gasteiger partial charge in [0, 0.05) is 17.1 Å². The Balaban J connectivity index is 1.79. The molecule has 2 rings (SSSR count). The van der Waals surface area contributed by atoms with E-state index in [9.17, 15) is 4.79 Å². The molecule has 2 aromatic rings. The number of rotatable bonds is 6. The third kappa shape index (κ3) is 4.88. The quantitative estimate of drug-likeness (QED) is 0.843. The van der Waals surface area contributed by atoms with Crippen molar-refractivity contribution in [1.29, 1.82) is 0 Å². The van der Waals surface area contributed by atoms with Crippen LogP contribution in [0.25, 0.3) is 0 Å². The van der Waals surface area contributed by atoms with E-state index < -0.39 is 0 Å². The van der Waals surface area contributed by atoms with Crippen LogP contribution in [0.1, 0.15) is 18.1 Å². The van der Waals surface area contributed by atoms with Crippen molar-refractivity contribution in [2.75, 3.05) is 0 Å². The number of hydrogen-bond donors (Lipinski definition) is 2. The first-order valence-corrected chi connectivity index (χ1v) is 7.43. The lowest BCUT2D eigenvalue weighted by molar-refractivity contribution is -0.689. The van der Waals surface area contributed by atoms with Gasteiger partial charge in [-0.15, -0.1) is 0 Å². The Morgan fingerprint density at radius 1 is 1.14 bits per heavy atom. The SMILES string of the molecule is C[C@@H]([NH2+]Cc1ccccc1Cl)C(=O)NCc1ccccc1. The van der Waals surface area contributed by atoms with Gasteiger partial charge >= 0.3 is 0 Å². The molecule has 110 valence electrons. The summed E-state index contributed by atoms with van der Waals surface area (Å²) in [7, 11) is 0. The molecule has 0 heterocycles. The maximum Gasteiger partial charge on any atom is 0.278 e. The van der Waals surface area contributed by atoms with Crippen LogP contribution >= 0.6 is 11.6 Å². The number of nitrogens with one attached hydrogen (secondary N) is 1. The summed E-state index contributed by atoms with van der Waals surface area (Å²) in [5.74, 6) is 0.0332. The van der Waals surface area contributed by atoms with Crippen molar-refractivity contribution >= 4 is 17.5 Å². The molecular formula is C17H20ClN2O+. The van der Waals surface area contributed by atoms with E-state index in [2.05, 4.69) is 5.32 Å². The van der Waals surface area contributed by atoms with Gasteiger partial charge < -0.3 is 10.6 Å². The van der Waals surface area contributed by atoms with Crippen LogP contribution in [0.3, 0.4) is 0 Å². The molecule has 21 heavy (non-hydrogen) atoms. The number of carbonyl (C=O) groups is 1. The summed E-state index contributed by atoms with van der Waals surface area (Å²) in [5, 5.41) is 5.68. The smallest absolute Gasteiger partial charge is 0.278 e. The lowest BCUT2D eigenvalue weighted by Gasteiger charge is -2.12. The second-order valence-electron chi connectivity index (χ2n) is 5.02. The molecule has 0 saturated heterocycles. The molecule has 3 nitrogen and oxygen atoms in total. The van der Waals surface area contributed by atoms with Gasteiger partial charge in [0.1, 0.15) is 6.54 Å². The number of nitrogens with two attached hydrogens (primary N) is 1. The molecule has 0 radical (unpaired) electrons. The zero-order valence-electron chi connectivity index (χ0n) is 12.1. The standard InChI is InChI=1S/C17H19ClN2O/c1-13(19-12-15-9-5-6-10-16(15)18)17(21)20-11-14-7-3-2-4-8-14/h2-10,13,19H,11-12H2,1H3,(H,20,21)/p+1/t13-/m1/s1. The number of hydrogen-bond acceptors (Lipinski definition) is 1. The minimum atomic E-state index is -0.148. The summed E-state index contributed by atoms with van der Waals surface area (Å²) in [4.78, 5) is 12.0. The third-order valence-electron chi connectivity index (χ3n) is 3.37. The molecule has 1 atom stereocenters. The molecule has 2 aromatic carbocycles. The lowest BCUT2D eigenvalue weighted by Crippen LogP contribution is -2.90. The fraction of sp³-hybridized carbons (Fsp3) is 0.235. The highest BCUT2D eigenvalue weighted by Gasteiger charge is 2.15. The third-order valence-corrected chi connectivity index (χ3v) is 3.74. The topological polar surface area (TPSA) is 45.7 Å². The van der Waals surface area contributed by atoms with Gasteiger partial charge in [-0.3, -0.25) is 4.79 Å². The van der Waals surface area contributed by atoms with Crippen molar-refractivity contribution in [3.8, 4) is 0 Å². The predicted octanol–water partition coefficient (Wildman–Crippen LogP) is 2.11. The number of amides is 1. The van der Waals surface area contributed by atoms with E-state index in [1.54, 1.807) is 0 Å². The molecule has 0 fully saturated rings. The highest BCUT2D eigenvalue weighted by atomic mass is 35.5. The van der Waals surface area contributed by atoms with Crippen molar-refractivity contribution in [2.24, 2.45) is 0 Å². The van der Waals surface area contributed by atoms with Gasteiger partial charge in [-0.1, -0.05) is 60.1 Å². The number of carbonyl (C=O) groups excluding carboxylic acids is 1. The Bertz CT molecular complexity index is 586. The van der Waals surface area contributed by atoms with Crippen molar-refractivity contribution in [1.82, 2.24) is 5.32 Å². The van der Waals surface area contributed by atoms with E-state index in [-0.39, 0.29) is 11.9 Å². The number of halogens is 1. The molecule has 4 heteroatoms. The van der Waals surface area contributed by atoms with Gasteiger partial charge in [0.25, 0.3) is 5.91 Å². The van der Waals surface area contributed by atoms with E-state index >= 15 is 0 Å². The second-order valence-corrected chi connectivity index (χ2v) is 5.43. The highest BCUT2D eigenvalue weighted by molar-refractivity contribution is 6.31. The molecule has 3 N–H and O–H groups in total. The minimum absolute atomic E-state index is 0.0332. The summed E-state index contributed by atoms with van der Waals surface area (Å²) in [6.07, 6.45) is 0. The Hall–Kier alpha value is -1.84. The minimum Gasteiger partial charge on any atom is -0.347 e. The first-order valence-electron chi connectivity index (χ1n) is 7.05. The van der Waals surface area contributed by atoms with Crippen molar-refractivity contribution in [3.63, 3.8) is 0 Å². The summed E-state index contributed by atoms with van der Waals surface area (Å²) in [6, 6.07) is 17.4. The molecule has 0 aliphatic rings. The lowest BCUT2D eigenvalue weighted by atomic mass is 10.2. The van der Waals surface area contributed by atoms with Crippen LogP contribution in [-0.4, -0.2) is 11.9 Å². The van der Waals surface area contributed by atoms with E-state index in [0.717, 1.165) is 16.1 Å². The van der Waals surface area contributed by atoms with Crippen molar-refractivity contribution in [2.45, 2.75) is 26.1 Å². The highest BCUT2D eigenvalue weighted by Crippen LogP contribution is 2.13. The first-order chi connectivity index (χ1) is 10.2. The fourth-order valence-corrected chi connectivity index (χ4v) is 2.23. The molecule has 0 bridgehead atoms. The van der Waals surface area contributed by atoms with E-state index in [4.69, 9.17) is 11.6 Å². The predicted molar refractivity (Wildman–Crippen MR) is 84.8 cm³/mol. The van der Waals surface area contributed by atoms with E-state index in [1.807, 2.05) is 66.8 Å². The Morgan fingerprint density at radius 2 is 1.81 bits per heavy atom. The molecular weight excluding hydrogens is 284 g/mol. The molecule has 0 spiro atoms. The largest absolute Gasteiger partial charge is 0.347 e. The molecule has 0 unspecified atom stereocenters.